The number of thiocarbonyl (C=S) groups is 1. The molecule has 188 valence electrons. The molecule has 0 unspecified atom stereocenters. The van der Waals surface area contributed by atoms with Crippen LogP contribution in [0.15, 0.2) is 107 Å². The van der Waals surface area contributed by atoms with Gasteiger partial charge in [0.05, 0.1) is 4.90 Å². The van der Waals surface area contributed by atoms with Crippen LogP contribution in [0.2, 0.25) is 0 Å². The molecule has 3 aromatic carbocycles. The van der Waals surface area contributed by atoms with Crippen molar-refractivity contribution in [2.45, 2.75) is 10.9 Å². The van der Waals surface area contributed by atoms with E-state index in [2.05, 4.69) is 36.9 Å². The van der Waals surface area contributed by atoms with Gasteiger partial charge in [-0.2, -0.15) is 0 Å². The van der Waals surface area contributed by atoms with E-state index >= 15 is 0 Å². The van der Waals surface area contributed by atoms with Crippen molar-refractivity contribution >= 4 is 60.7 Å². The van der Waals surface area contributed by atoms with E-state index in [1.807, 2.05) is 36.4 Å². The molecule has 0 aliphatic carbocycles. The number of aromatic nitrogens is 1. The summed E-state index contributed by atoms with van der Waals surface area (Å²) in [6.07, 6.45) is 1.64. The topological polar surface area (TPSA) is 126 Å². The molecule has 4 aromatic rings. The van der Waals surface area contributed by atoms with E-state index in [1.54, 1.807) is 54.7 Å². The van der Waals surface area contributed by atoms with E-state index in [0.717, 1.165) is 4.47 Å². The van der Waals surface area contributed by atoms with Crippen LogP contribution in [-0.4, -0.2) is 24.4 Å². The molecule has 8 nitrogen and oxygen atoms in total. The largest absolute Gasteiger partial charge is 0.347 e. The van der Waals surface area contributed by atoms with Gasteiger partial charge in [0.25, 0.3) is 5.91 Å². The summed E-state index contributed by atoms with van der Waals surface area (Å²) in [5.41, 5.74) is 2.36. The first kappa shape index (κ1) is 26.4. The highest BCUT2D eigenvalue weighted by molar-refractivity contribution is 9.10. The molecule has 1 aromatic heterocycles. The van der Waals surface area contributed by atoms with Gasteiger partial charge < -0.3 is 16.0 Å². The molecule has 0 saturated heterocycles. The normalized spacial score (nSPS) is 11.8. The molecule has 37 heavy (non-hydrogen) atoms. The zero-order chi connectivity index (χ0) is 26.4. The van der Waals surface area contributed by atoms with Crippen molar-refractivity contribution in [1.29, 1.82) is 0 Å². The maximum atomic E-state index is 13.3. The summed E-state index contributed by atoms with van der Waals surface area (Å²) < 4.78 is 24.8. The molecule has 1 atom stereocenters. The van der Waals surface area contributed by atoms with Gasteiger partial charge in [-0.05, 0) is 69.6 Å². The van der Waals surface area contributed by atoms with Crippen LogP contribution in [-0.2, 0) is 14.8 Å². The highest BCUT2D eigenvalue weighted by Crippen LogP contribution is 2.28. The van der Waals surface area contributed by atoms with Crippen LogP contribution in [0.25, 0.3) is 11.1 Å². The van der Waals surface area contributed by atoms with Crippen LogP contribution in [0.1, 0.15) is 11.6 Å². The number of anilines is 2. The lowest BCUT2D eigenvalue weighted by Gasteiger charge is -2.21. The van der Waals surface area contributed by atoms with Crippen LogP contribution < -0.4 is 21.1 Å². The fraction of sp³-hybridized carbons (Fsp3) is 0.0385. The second kappa shape index (κ2) is 11.6. The van der Waals surface area contributed by atoms with Crippen LogP contribution in [0.4, 0.5) is 11.5 Å². The van der Waals surface area contributed by atoms with Gasteiger partial charge in [0, 0.05) is 21.9 Å². The van der Waals surface area contributed by atoms with Crippen LogP contribution >= 0.6 is 28.1 Å². The molecular formula is C26H22BrN5O3S2. The van der Waals surface area contributed by atoms with E-state index in [9.17, 15) is 13.2 Å². The molecule has 0 fully saturated rings. The van der Waals surface area contributed by atoms with Gasteiger partial charge in [-0.15, -0.1) is 0 Å². The number of rotatable bonds is 7. The van der Waals surface area contributed by atoms with Gasteiger partial charge in [-0.3, -0.25) is 4.79 Å². The lowest BCUT2D eigenvalue weighted by molar-refractivity contribution is -0.117. The van der Waals surface area contributed by atoms with Crippen LogP contribution in [0, 0.1) is 0 Å². The first-order valence-corrected chi connectivity index (χ1v) is 13.7. The van der Waals surface area contributed by atoms with Crippen molar-refractivity contribution in [1.82, 2.24) is 10.3 Å². The number of amides is 1. The molecule has 0 aliphatic rings. The fourth-order valence-corrected chi connectivity index (χ4v) is 4.80. The number of nitrogens with one attached hydrogen (secondary N) is 3. The van der Waals surface area contributed by atoms with Crippen LogP contribution in [0.5, 0.6) is 0 Å². The number of benzene rings is 3. The highest BCUT2D eigenvalue weighted by atomic mass is 79.9. The number of hydrogen-bond acceptors (Lipinski definition) is 5. The number of primary sulfonamides is 1. The summed E-state index contributed by atoms with van der Waals surface area (Å²) in [6, 6.07) is 25.3. The Morgan fingerprint density at radius 3 is 2.22 bits per heavy atom. The van der Waals surface area contributed by atoms with Gasteiger partial charge in [0.2, 0.25) is 10.0 Å². The minimum atomic E-state index is -3.89. The summed E-state index contributed by atoms with van der Waals surface area (Å²) in [5.74, 6) is 0.195. The molecule has 1 amide bonds. The van der Waals surface area contributed by atoms with E-state index in [4.69, 9.17) is 17.4 Å². The minimum absolute atomic E-state index is 0.0291. The molecule has 0 bridgehead atoms. The predicted molar refractivity (Wildman–Crippen MR) is 152 cm³/mol. The van der Waals surface area contributed by atoms with E-state index < -0.39 is 16.1 Å². The minimum Gasteiger partial charge on any atom is -0.347 e. The Labute approximate surface area is 228 Å². The molecule has 4 rings (SSSR count). The SMILES string of the molecule is NS(=O)(=O)c1ccccc1-c1ccc(NC(=O)[C@H](NC(=S)Nc2ccc(Br)cn2)c2ccccc2)cc1. The summed E-state index contributed by atoms with van der Waals surface area (Å²) in [5, 5.41) is 14.5. The smallest absolute Gasteiger partial charge is 0.251 e. The molecular weight excluding hydrogens is 574 g/mol. The second-order valence-corrected chi connectivity index (χ2v) is 10.8. The quantitative estimate of drug-likeness (QED) is 0.225. The van der Waals surface area contributed by atoms with Crippen molar-refractivity contribution in [3.8, 4) is 11.1 Å². The van der Waals surface area contributed by atoms with E-state index in [-0.39, 0.29) is 15.9 Å². The Kier molecular flexibility index (Phi) is 8.29. The van der Waals surface area contributed by atoms with Gasteiger partial charge in [0.15, 0.2) is 5.11 Å². The van der Waals surface area contributed by atoms with Gasteiger partial charge in [-0.1, -0.05) is 60.7 Å². The first-order valence-electron chi connectivity index (χ1n) is 11.0. The average molecular weight is 597 g/mol. The lowest BCUT2D eigenvalue weighted by atomic mass is 10.0. The predicted octanol–water partition coefficient (Wildman–Crippen LogP) is 4.82. The molecule has 0 saturated carbocycles. The van der Waals surface area contributed by atoms with Crippen molar-refractivity contribution in [2.24, 2.45) is 5.14 Å². The monoisotopic (exact) mass is 595 g/mol. The number of nitrogens with two attached hydrogens (primary N) is 1. The van der Waals surface area contributed by atoms with E-state index in [1.165, 1.54) is 6.07 Å². The van der Waals surface area contributed by atoms with Crippen molar-refractivity contribution in [3.05, 3.63) is 107 Å². The third-order valence-corrected chi connectivity index (χ3v) is 6.95. The van der Waals surface area contributed by atoms with Crippen LogP contribution in [0.3, 0.4) is 0 Å². The summed E-state index contributed by atoms with van der Waals surface area (Å²) in [6.45, 7) is 0. The molecule has 1 heterocycles. The maximum Gasteiger partial charge on any atom is 0.251 e. The Bertz CT molecular complexity index is 1510. The fourth-order valence-electron chi connectivity index (χ4n) is 3.58. The van der Waals surface area contributed by atoms with E-state index in [0.29, 0.717) is 28.2 Å². The standard InChI is InChI=1S/C26H22BrN5O3S2/c27-19-12-15-23(29-16-19)31-26(36)32-24(18-6-2-1-3-7-18)25(33)30-20-13-10-17(11-14-20)21-8-4-5-9-22(21)37(28,34)35/h1-16,24H,(H,30,33)(H2,28,34,35)(H2,29,31,32,36)/t24-/m1/s1. The highest BCUT2D eigenvalue weighted by Gasteiger charge is 2.22. The first-order chi connectivity index (χ1) is 17.7. The Balaban J connectivity index is 1.52. The zero-order valence-electron chi connectivity index (χ0n) is 19.3. The Hall–Kier alpha value is -3.64. The zero-order valence-corrected chi connectivity index (χ0v) is 22.5. The second-order valence-electron chi connectivity index (χ2n) is 7.91. The van der Waals surface area contributed by atoms with Gasteiger partial charge >= 0.3 is 0 Å². The van der Waals surface area contributed by atoms with Crippen molar-refractivity contribution in [3.63, 3.8) is 0 Å². The number of carbonyl (C=O) groups excluding carboxylic acids is 1. The average Bonchev–Trinajstić information content (AvgIpc) is 2.89. The molecule has 0 spiro atoms. The lowest BCUT2D eigenvalue weighted by Crippen LogP contribution is -2.39. The summed E-state index contributed by atoms with van der Waals surface area (Å²) >= 11 is 8.77. The van der Waals surface area contributed by atoms with Crippen molar-refractivity contribution < 1.29 is 13.2 Å². The number of pyridine rings is 1. The van der Waals surface area contributed by atoms with Crippen molar-refractivity contribution in [2.75, 3.05) is 10.6 Å². The number of hydrogen-bond donors (Lipinski definition) is 4. The molecule has 11 heteroatoms. The number of carbonyl (C=O) groups is 1. The summed E-state index contributed by atoms with van der Waals surface area (Å²) in [7, 11) is -3.89. The molecule has 0 aliphatic heterocycles. The number of nitrogens with zero attached hydrogens (tertiary/aromatic N) is 1. The number of halogens is 1. The van der Waals surface area contributed by atoms with Gasteiger partial charge in [0.1, 0.15) is 11.9 Å². The third kappa shape index (κ3) is 6.98. The Morgan fingerprint density at radius 1 is 0.892 bits per heavy atom. The summed E-state index contributed by atoms with van der Waals surface area (Å²) in [4.78, 5) is 17.6. The molecule has 5 N–H and O–H groups in total. The van der Waals surface area contributed by atoms with Gasteiger partial charge in [-0.25, -0.2) is 18.5 Å². The molecule has 0 radical (unpaired) electrons. The third-order valence-electron chi connectivity index (χ3n) is 5.30. The maximum absolute atomic E-state index is 13.3. The Morgan fingerprint density at radius 2 is 1.57 bits per heavy atom. The number of sulfonamides is 1.